The number of rotatable bonds is 4. The minimum atomic E-state index is -0.221. The SMILES string of the molecule is CC(C)N1CCN(Cc2ccccc2C(=O)NN)CC1. The van der Waals surface area contributed by atoms with Crippen molar-refractivity contribution in [1.82, 2.24) is 15.2 Å². The Hall–Kier alpha value is -1.43. The lowest BCUT2D eigenvalue weighted by atomic mass is 10.1. The largest absolute Gasteiger partial charge is 0.298 e. The molecular formula is C15H24N4O. The van der Waals surface area contributed by atoms with Crippen LogP contribution in [-0.2, 0) is 6.54 Å². The first-order valence-electron chi connectivity index (χ1n) is 7.17. The van der Waals surface area contributed by atoms with Crippen LogP contribution in [0.1, 0.15) is 29.8 Å². The predicted molar refractivity (Wildman–Crippen MR) is 80.1 cm³/mol. The van der Waals surface area contributed by atoms with E-state index < -0.39 is 0 Å². The Morgan fingerprint density at radius 1 is 1.25 bits per heavy atom. The van der Waals surface area contributed by atoms with Crippen molar-refractivity contribution in [3.8, 4) is 0 Å². The molecule has 1 aromatic rings. The summed E-state index contributed by atoms with van der Waals surface area (Å²) in [5.41, 5.74) is 3.92. The molecule has 5 heteroatoms. The zero-order chi connectivity index (χ0) is 14.5. The highest BCUT2D eigenvalue weighted by atomic mass is 16.2. The zero-order valence-corrected chi connectivity index (χ0v) is 12.3. The Morgan fingerprint density at radius 2 is 1.90 bits per heavy atom. The maximum atomic E-state index is 11.8. The molecule has 20 heavy (non-hydrogen) atoms. The summed E-state index contributed by atoms with van der Waals surface area (Å²) in [6.45, 7) is 9.52. The van der Waals surface area contributed by atoms with E-state index in [-0.39, 0.29) is 5.91 Å². The molecule has 3 N–H and O–H groups in total. The van der Waals surface area contributed by atoms with E-state index in [1.807, 2.05) is 24.3 Å². The Kier molecular flexibility index (Phi) is 5.11. The van der Waals surface area contributed by atoms with Gasteiger partial charge in [-0.3, -0.25) is 20.0 Å². The molecule has 1 aromatic carbocycles. The van der Waals surface area contributed by atoms with Crippen molar-refractivity contribution in [3.63, 3.8) is 0 Å². The number of nitrogens with zero attached hydrogens (tertiary/aromatic N) is 2. The molecule has 0 saturated carbocycles. The van der Waals surface area contributed by atoms with Crippen LogP contribution in [0.25, 0.3) is 0 Å². The third-order valence-electron chi connectivity index (χ3n) is 3.92. The number of nitrogens with one attached hydrogen (secondary N) is 1. The number of hydrogen-bond donors (Lipinski definition) is 2. The summed E-state index contributed by atoms with van der Waals surface area (Å²) in [5.74, 6) is 5.02. The van der Waals surface area contributed by atoms with Crippen LogP contribution in [0.4, 0.5) is 0 Å². The van der Waals surface area contributed by atoms with Gasteiger partial charge in [0.1, 0.15) is 0 Å². The standard InChI is InChI=1S/C15H24N4O/c1-12(2)19-9-7-18(8-10-19)11-13-5-3-4-6-14(13)15(20)17-16/h3-6,12H,7-11,16H2,1-2H3,(H,17,20). The van der Waals surface area contributed by atoms with Crippen LogP contribution >= 0.6 is 0 Å². The number of hydrazine groups is 1. The van der Waals surface area contributed by atoms with Gasteiger partial charge in [0, 0.05) is 44.3 Å². The smallest absolute Gasteiger partial charge is 0.265 e. The molecule has 0 radical (unpaired) electrons. The topological polar surface area (TPSA) is 61.6 Å². The van der Waals surface area contributed by atoms with E-state index in [1.165, 1.54) is 0 Å². The number of nitrogens with two attached hydrogens (primary N) is 1. The molecule has 1 aliphatic heterocycles. The minimum Gasteiger partial charge on any atom is -0.298 e. The van der Waals surface area contributed by atoms with E-state index in [2.05, 4.69) is 29.1 Å². The van der Waals surface area contributed by atoms with Crippen molar-refractivity contribution < 1.29 is 4.79 Å². The average molecular weight is 276 g/mol. The molecule has 1 fully saturated rings. The van der Waals surface area contributed by atoms with Gasteiger partial charge < -0.3 is 0 Å². The molecule has 5 nitrogen and oxygen atoms in total. The van der Waals surface area contributed by atoms with Gasteiger partial charge in [-0.05, 0) is 25.5 Å². The van der Waals surface area contributed by atoms with E-state index in [0.717, 1.165) is 38.3 Å². The average Bonchev–Trinajstić information content (AvgIpc) is 2.47. The molecular weight excluding hydrogens is 252 g/mol. The number of carbonyl (C=O) groups excluding carboxylic acids is 1. The second kappa shape index (κ2) is 6.83. The molecule has 1 amide bonds. The van der Waals surface area contributed by atoms with Crippen LogP contribution in [0.15, 0.2) is 24.3 Å². The van der Waals surface area contributed by atoms with E-state index in [0.29, 0.717) is 11.6 Å². The van der Waals surface area contributed by atoms with Crippen LogP contribution in [-0.4, -0.2) is 47.9 Å². The summed E-state index contributed by atoms with van der Waals surface area (Å²) in [6, 6.07) is 8.26. The van der Waals surface area contributed by atoms with Crippen molar-refractivity contribution in [2.45, 2.75) is 26.4 Å². The van der Waals surface area contributed by atoms with Crippen LogP contribution in [0, 0.1) is 0 Å². The van der Waals surface area contributed by atoms with Gasteiger partial charge in [0.25, 0.3) is 5.91 Å². The Bertz CT molecular complexity index is 453. The molecule has 0 atom stereocenters. The highest BCUT2D eigenvalue weighted by molar-refractivity contribution is 5.95. The molecule has 110 valence electrons. The first-order valence-corrected chi connectivity index (χ1v) is 7.17. The number of hydrogen-bond acceptors (Lipinski definition) is 4. The number of amides is 1. The Labute approximate surface area is 120 Å². The van der Waals surface area contributed by atoms with Crippen molar-refractivity contribution >= 4 is 5.91 Å². The first-order chi connectivity index (χ1) is 9.61. The minimum absolute atomic E-state index is 0.221. The highest BCUT2D eigenvalue weighted by Gasteiger charge is 2.20. The lowest BCUT2D eigenvalue weighted by Gasteiger charge is -2.37. The third kappa shape index (κ3) is 3.56. The lowest BCUT2D eigenvalue weighted by molar-refractivity contribution is 0.0942. The van der Waals surface area contributed by atoms with Gasteiger partial charge in [0.05, 0.1) is 0 Å². The van der Waals surface area contributed by atoms with Crippen LogP contribution in [0.5, 0.6) is 0 Å². The lowest BCUT2D eigenvalue weighted by Crippen LogP contribution is -2.48. The van der Waals surface area contributed by atoms with Crippen molar-refractivity contribution in [2.24, 2.45) is 5.84 Å². The van der Waals surface area contributed by atoms with E-state index in [4.69, 9.17) is 5.84 Å². The zero-order valence-electron chi connectivity index (χ0n) is 12.3. The number of carbonyl (C=O) groups is 1. The van der Waals surface area contributed by atoms with Crippen molar-refractivity contribution in [3.05, 3.63) is 35.4 Å². The molecule has 1 heterocycles. The summed E-state index contributed by atoms with van der Waals surface area (Å²) in [5, 5.41) is 0. The third-order valence-corrected chi connectivity index (χ3v) is 3.92. The van der Waals surface area contributed by atoms with Crippen molar-refractivity contribution in [2.75, 3.05) is 26.2 Å². The van der Waals surface area contributed by atoms with Gasteiger partial charge in [-0.25, -0.2) is 5.84 Å². The molecule has 1 saturated heterocycles. The first kappa shape index (κ1) is 15.0. The fraction of sp³-hybridized carbons (Fsp3) is 0.533. The summed E-state index contributed by atoms with van der Waals surface area (Å²) in [6.07, 6.45) is 0. The molecule has 0 unspecified atom stereocenters. The Balaban J connectivity index is 1.99. The van der Waals surface area contributed by atoms with Gasteiger partial charge in [-0.15, -0.1) is 0 Å². The van der Waals surface area contributed by atoms with Gasteiger partial charge in [0.2, 0.25) is 0 Å². The van der Waals surface area contributed by atoms with Gasteiger partial charge >= 0.3 is 0 Å². The summed E-state index contributed by atoms with van der Waals surface area (Å²) in [7, 11) is 0. The fourth-order valence-corrected chi connectivity index (χ4v) is 2.64. The summed E-state index contributed by atoms with van der Waals surface area (Å²) in [4.78, 5) is 16.6. The van der Waals surface area contributed by atoms with E-state index >= 15 is 0 Å². The van der Waals surface area contributed by atoms with Crippen LogP contribution in [0.3, 0.4) is 0 Å². The molecule has 0 aromatic heterocycles. The number of nitrogen functional groups attached to an aromatic ring is 1. The molecule has 0 spiro atoms. The van der Waals surface area contributed by atoms with Gasteiger partial charge in [0.15, 0.2) is 0 Å². The quantitative estimate of drug-likeness (QED) is 0.485. The van der Waals surface area contributed by atoms with Crippen molar-refractivity contribution in [1.29, 1.82) is 0 Å². The fourth-order valence-electron chi connectivity index (χ4n) is 2.64. The molecule has 0 bridgehead atoms. The van der Waals surface area contributed by atoms with Crippen LogP contribution < -0.4 is 11.3 Å². The maximum Gasteiger partial charge on any atom is 0.265 e. The van der Waals surface area contributed by atoms with Gasteiger partial charge in [-0.1, -0.05) is 18.2 Å². The summed E-state index contributed by atoms with van der Waals surface area (Å²) >= 11 is 0. The van der Waals surface area contributed by atoms with Gasteiger partial charge in [-0.2, -0.15) is 0 Å². The molecule has 2 rings (SSSR count). The van der Waals surface area contributed by atoms with E-state index in [9.17, 15) is 4.79 Å². The second-order valence-corrected chi connectivity index (χ2v) is 5.54. The number of benzene rings is 1. The molecule has 0 aliphatic carbocycles. The predicted octanol–water partition coefficient (Wildman–Crippen LogP) is 0.816. The normalized spacial score (nSPS) is 17.4. The van der Waals surface area contributed by atoms with Crippen LogP contribution in [0.2, 0.25) is 0 Å². The molecule has 1 aliphatic rings. The summed E-state index contributed by atoms with van der Waals surface area (Å²) < 4.78 is 0. The van der Waals surface area contributed by atoms with E-state index in [1.54, 1.807) is 0 Å². The Morgan fingerprint density at radius 3 is 2.50 bits per heavy atom. The second-order valence-electron chi connectivity index (χ2n) is 5.54. The highest BCUT2D eigenvalue weighted by Crippen LogP contribution is 2.14. The number of piperazine rings is 1. The monoisotopic (exact) mass is 276 g/mol. The maximum absolute atomic E-state index is 11.8.